The van der Waals surface area contributed by atoms with Crippen molar-refractivity contribution in [2.75, 3.05) is 12.4 Å². The Bertz CT molecular complexity index is 560. The Balaban J connectivity index is 1.82. The largest absolute Gasteiger partial charge is 0.296 e. The van der Waals surface area contributed by atoms with Gasteiger partial charge in [-0.25, -0.2) is 0 Å². The summed E-state index contributed by atoms with van der Waals surface area (Å²) in [6.07, 6.45) is 6.99. The summed E-state index contributed by atoms with van der Waals surface area (Å²) >= 11 is 5.87. The maximum absolute atomic E-state index is 5.87. The van der Waals surface area contributed by atoms with Crippen molar-refractivity contribution in [3.63, 3.8) is 0 Å². The van der Waals surface area contributed by atoms with Crippen LogP contribution in [0, 0.1) is 0 Å². The first-order valence-corrected chi connectivity index (χ1v) is 8.04. The van der Waals surface area contributed by atoms with Gasteiger partial charge in [0.1, 0.15) is 0 Å². The average Bonchev–Trinajstić information content (AvgIpc) is 2.43. The Morgan fingerprint density at radius 2 is 2.05 bits per heavy atom. The predicted octanol–water partition coefficient (Wildman–Crippen LogP) is 4.22. The normalized spacial score (nSPS) is 15.7. The summed E-state index contributed by atoms with van der Waals surface area (Å²) in [5.41, 5.74) is 2.48. The molecule has 3 heteroatoms. The summed E-state index contributed by atoms with van der Waals surface area (Å²) in [5.74, 6) is 0.747. The smallest absolute Gasteiger partial charge is 0.0746 e. The Labute approximate surface area is 125 Å². The molecule has 20 heavy (non-hydrogen) atoms. The fourth-order valence-corrected chi connectivity index (χ4v) is 3.04. The molecule has 0 aliphatic heterocycles. The molecule has 0 amide bonds. The zero-order valence-corrected chi connectivity index (χ0v) is 12.5. The molecule has 0 atom stereocenters. The first-order chi connectivity index (χ1) is 9.88. The van der Waals surface area contributed by atoms with Crippen molar-refractivity contribution in [2.45, 2.75) is 38.3 Å². The van der Waals surface area contributed by atoms with Crippen molar-refractivity contribution >= 4 is 22.5 Å². The fraction of sp³-hybridized carbons (Fsp3) is 0.471. The van der Waals surface area contributed by atoms with E-state index in [2.05, 4.69) is 34.1 Å². The van der Waals surface area contributed by atoms with E-state index in [0.29, 0.717) is 0 Å². The van der Waals surface area contributed by atoms with E-state index in [1.807, 2.05) is 12.3 Å². The summed E-state index contributed by atoms with van der Waals surface area (Å²) in [4.78, 5) is 7.16. The monoisotopic (exact) mass is 288 g/mol. The number of para-hydroxylation sites is 1. The van der Waals surface area contributed by atoms with Crippen LogP contribution in [0.1, 0.15) is 31.2 Å². The van der Waals surface area contributed by atoms with E-state index < -0.39 is 0 Å². The van der Waals surface area contributed by atoms with Gasteiger partial charge in [-0.1, -0.05) is 30.7 Å². The number of hydrogen-bond donors (Lipinski definition) is 0. The van der Waals surface area contributed by atoms with Gasteiger partial charge < -0.3 is 0 Å². The van der Waals surface area contributed by atoms with Crippen molar-refractivity contribution in [1.82, 2.24) is 9.88 Å². The first-order valence-electron chi connectivity index (χ1n) is 7.51. The number of fused-ring (bicyclic) bond motifs is 1. The maximum Gasteiger partial charge on any atom is 0.0746 e. The Hall–Kier alpha value is -1.12. The van der Waals surface area contributed by atoms with Gasteiger partial charge in [0.2, 0.25) is 0 Å². The lowest BCUT2D eigenvalue weighted by Gasteiger charge is -2.37. The van der Waals surface area contributed by atoms with Crippen LogP contribution in [-0.2, 0) is 6.54 Å². The second-order valence-electron chi connectivity index (χ2n) is 5.59. The van der Waals surface area contributed by atoms with Gasteiger partial charge in [0, 0.05) is 30.0 Å². The molecular weight excluding hydrogens is 268 g/mol. The van der Waals surface area contributed by atoms with Gasteiger partial charge in [0.25, 0.3) is 0 Å². The highest BCUT2D eigenvalue weighted by Crippen LogP contribution is 2.27. The van der Waals surface area contributed by atoms with Gasteiger partial charge in [-0.2, -0.15) is 0 Å². The van der Waals surface area contributed by atoms with E-state index in [1.54, 1.807) is 0 Å². The van der Waals surface area contributed by atoms with Crippen LogP contribution in [-0.4, -0.2) is 28.4 Å². The molecule has 1 aliphatic rings. The summed E-state index contributed by atoms with van der Waals surface area (Å²) in [6, 6.07) is 11.4. The van der Waals surface area contributed by atoms with E-state index in [4.69, 9.17) is 11.6 Å². The lowest BCUT2D eigenvalue weighted by molar-refractivity contribution is 0.120. The van der Waals surface area contributed by atoms with Crippen molar-refractivity contribution in [2.24, 2.45) is 0 Å². The first kappa shape index (κ1) is 13.8. The van der Waals surface area contributed by atoms with Crippen LogP contribution < -0.4 is 0 Å². The minimum absolute atomic E-state index is 0.747. The molecule has 1 saturated carbocycles. The molecule has 1 heterocycles. The maximum atomic E-state index is 5.87. The Morgan fingerprint density at radius 1 is 1.20 bits per heavy atom. The number of aromatic nitrogens is 1. The third-order valence-corrected chi connectivity index (χ3v) is 4.53. The lowest BCUT2D eigenvalue weighted by Crippen LogP contribution is -2.40. The topological polar surface area (TPSA) is 16.1 Å². The molecule has 1 aromatic carbocycles. The number of rotatable bonds is 6. The highest BCUT2D eigenvalue weighted by atomic mass is 35.5. The van der Waals surface area contributed by atoms with E-state index in [1.165, 1.54) is 30.2 Å². The molecule has 2 nitrogen and oxygen atoms in total. The third-order valence-electron chi connectivity index (χ3n) is 4.26. The SMILES string of the molecule is ClCCCN(Cc1cccc2cccnc12)C1CCC1. The quantitative estimate of drug-likeness (QED) is 0.740. The summed E-state index contributed by atoms with van der Waals surface area (Å²) in [6.45, 7) is 2.09. The van der Waals surface area contributed by atoms with Crippen molar-refractivity contribution in [3.05, 3.63) is 42.1 Å². The predicted molar refractivity (Wildman–Crippen MR) is 85.1 cm³/mol. The molecule has 106 valence electrons. The molecule has 1 fully saturated rings. The zero-order chi connectivity index (χ0) is 13.8. The molecule has 0 saturated heterocycles. The number of nitrogens with zero attached hydrogens (tertiary/aromatic N) is 2. The van der Waals surface area contributed by atoms with Gasteiger partial charge in [-0.3, -0.25) is 9.88 Å². The number of pyridine rings is 1. The van der Waals surface area contributed by atoms with Crippen LogP contribution in [0.3, 0.4) is 0 Å². The van der Waals surface area contributed by atoms with E-state index in [0.717, 1.165) is 36.9 Å². The molecule has 2 aromatic rings. The molecule has 3 rings (SSSR count). The molecule has 1 aliphatic carbocycles. The Morgan fingerprint density at radius 3 is 2.80 bits per heavy atom. The van der Waals surface area contributed by atoms with Crippen LogP contribution in [0.25, 0.3) is 10.9 Å². The molecule has 0 unspecified atom stereocenters. The van der Waals surface area contributed by atoms with Crippen LogP contribution in [0.4, 0.5) is 0 Å². The zero-order valence-electron chi connectivity index (χ0n) is 11.8. The van der Waals surface area contributed by atoms with Gasteiger partial charge in [-0.15, -0.1) is 11.6 Å². The van der Waals surface area contributed by atoms with Gasteiger partial charge in [0.15, 0.2) is 0 Å². The molecule has 0 N–H and O–H groups in total. The van der Waals surface area contributed by atoms with Crippen LogP contribution in [0.15, 0.2) is 36.5 Å². The number of hydrogen-bond acceptors (Lipinski definition) is 2. The summed E-state index contributed by atoms with van der Waals surface area (Å²) in [5, 5.41) is 1.23. The number of halogens is 1. The van der Waals surface area contributed by atoms with E-state index >= 15 is 0 Å². The fourth-order valence-electron chi connectivity index (χ4n) is 2.92. The lowest BCUT2D eigenvalue weighted by atomic mass is 9.91. The second kappa shape index (κ2) is 6.55. The van der Waals surface area contributed by atoms with Crippen molar-refractivity contribution < 1.29 is 0 Å². The number of benzene rings is 1. The molecule has 0 bridgehead atoms. The molecule has 0 radical (unpaired) electrons. The highest BCUT2D eigenvalue weighted by molar-refractivity contribution is 6.17. The highest BCUT2D eigenvalue weighted by Gasteiger charge is 2.24. The second-order valence-corrected chi connectivity index (χ2v) is 5.97. The summed E-state index contributed by atoms with van der Waals surface area (Å²) < 4.78 is 0. The van der Waals surface area contributed by atoms with Crippen molar-refractivity contribution in [3.8, 4) is 0 Å². The minimum Gasteiger partial charge on any atom is -0.296 e. The standard InChI is InChI=1S/C17H21ClN2/c18-10-4-12-20(16-8-2-9-16)13-15-6-1-5-14-7-3-11-19-17(14)15/h1,3,5-7,11,16H,2,4,8-10,12-13H2. The van der Waals surface area contributed by atoms with Crippen LogP contribution >= 0.6 is 11.6 Å². The van der Waals surface area contributed by atoms with E-state index in [9.17, 15) is 0 Å². The average molecular weight is 289 g/mol. The van der Waals surface area contributed by atoms with Gasteiger partial charge >= 0.3 is 0 Å². The van der Waals surface area contributed by atoms with Crippen LogP contribution in [0.5, 0.6) is 0 Å². The Kier molecular flexibility index (Phi) is 4.54. The molecule has 1 aromatic heterocycles. The van der Waals surface area contributed by atoms with Gasteiger partial charge in [-0.05, 0) is 37.4 Å². The molecular formula is C17H21ClN2. The third kappa shape index (κ3) is 2.97. The van der Waals surface area contributed by atoms with Crippen LogP contribution in [0.2, 0.25) is 0 Å². The van der Waals surface area contributed by atoms with Gasteiger partial charge in [0.05, 0.1) is 5.52 Å². The van der Waals surface area contributed by atoms with E-state index in [-0.39, 0.29) is 0 Å². The number of alkyl halides is 1. The van der Waals surface area contributed by atoms with Crippen molar-refractivity contribution in [1.29, 1.82) is 0 Å². The summed E-state index contributed by atoms with van der Waals surface area (Å²) in [7, 11) is 0. The molecule has 0 spiro atoms. The minimum atomic E-state index is 0.747.